The molecule has 21 atom stereocenters. The van der Waals surface area contributed by atoms with Gasteiger partial charge in [-0.2, -0.15) is 29.9 Å². The molecule has 15 N–H and O–H groups in total. The fourth-order valence-corrected chi connectivity index (χ4v) is 25.0. The van der Waals surface area contributed by atoms with Gasteiger partial charge in [0.25, 0.3) is 0 Å². The summed E-state index contributed by atoms with van der Waals surface area (Å²) in [4.78, 5) is 75.1. The maximum atomic E-state index is 13.3. The van der Waals surface area contributed by atoms with Gasteiger partial charge in [0, 0.05) is 17.3 Å². The number of aliphatic hydroxyl groups is 6. The van der Waals surface area contributed by atoms with Crippen molar-refractivity contribution in [3.05, 3.63) is 127 Å². The first-order chi connectivity index (χ1) is 55.6. The molecule has 42 nitrogen and oxygen atoms in total. The third kappa shape index (κ3) is 18.4. The Morgan fingerprint density at radius 1 is 0.462 bits per heavy atom. The average Bonchev–Trinajstić information content (AvgIpc) is 1.60. The van der Waals surface area contributed by atoms with Crippen molar-refractivity contribution >= 4 is 124 Å². The van der Waals surface area contributed by atoms with Crippen LogP contribution in [0, 0.1) is 0 Å². The van der Waals surface area contributed by atoms with Crippen molar-refractivity contribution < 1.29 is 115 Å². The summed E-state index contributed by atoms with van der Waals surface area (Å²) >= 11 is 2.87. The number of nitrogen functional groups attached to an aromatic ring is 3. The molecule has 0 bridgehead atoms. The fourth-order valence-electron chi connectivity index (χ4n) is 13.4. The highest BCUT2D eigenvalue weighted by Gasteiger charge is 2.58. The number of ether oxygens (including phenoxy) is 9. The van der Waals surface area contributed by atoms with E-state index in [1.54, 1.807) is 20.8 Å². The van der Waals surface area contributed by atoms with Crippen molar-refractivity contribution in [1.82, 2.24) is 73.8 Å². The summed E-state index contributed by atoms with van der Waals surface area (Å²) in [7, 11) is 4.22. The maximum Gasteiger partial charge on any atom is 0.327 e. The first-order valence-corrected chi connectivity index (χ1v) is 45.8. The molecule has 0 spiro atoms. The summed E-state index contributed by atoms with van der Waals surface area (Å²) in [5.74, 6) is -0.929. The van der Waals surface area contributed by atoms with Crippen molar-refractivity contribution in [2.45, 2.75) is 150 Å². The van der Waals surface area contributed by atoms with Gasteiger partial charge in [-0.1, -0.05) is 125 Å². The molecule has 6 aliphatic heterocycles. The molecule has 6 aliphatic rings. The molecule has 0 saturated carbocycles. The Morgan fingerprint density at radius 3 is 0.949 bits per heavy atom. The first-order valence-electron chi connectivity index (χ1n) is 36.1. The van der Waals surface area contributed by atoms with E-state index in [2.05, 4.69) is 60.1 Å². The molecule has 630 valence electrons. The third-order valence-corrected chi connectivity index (χ3v) is 31.9. The molecule has 0 radical (unpaired) electrons. The van der Waals surface area contributed by atoms with Gasteiger partial charge in [-0.05, 0) is 58.2 Å². The van der Waals surface area contributed by atoms with Crippen LogP contribution in [-0.4, -0.2) is 237 Å². The summed E-state index contributed by atoms with van der Waals surface area (Å²) in [5.41, 5.74) is 16.0. The number of esters is 3. The minimum absolute atomic E-state index is 0.0761. The van der Waals surface area contributed by atoms with Crippen molar-refractivity contribution in [2.24, 2.45) is 0 Å². The normalized spacial score (nSPS) is 31.4. The highest BCUT2D eigenvalue weighted by Crippen LogP contribution is 2.63. The van der Waals surface area contributed by atoms with Crippen LogP contribution in [0.4, 0.5) is 17.8 Å². The minimum Gasteiger partial charge on any atom is -0.479 e. The van der Waals surface area contributed by atoms with E-state index in [4.69, 9.17) is 73.4 Å². The van der Waals surface area contributed by atoms with Crippen LogP contribution >= 0.6 is 54.3 Å². The van der Waals surface area contributed by atoms with E-state index in [1.807, 2.05) is 91.0 Å². The molecular weight excluding hydrogens is 1650 g/mol. The quantitative estimate of drug-likeness (QED) is 0.0222. The Labute approximate surface area is 678 Å². The molecular formula is C69H87N18O24P3S3. The van der Waals surface area contributed by atoms with Gasteiger partial charge in [0.15, 0.2) is 52.2 Å². The number of aromatic nitrogens is 12. The number of carbonyl (C=O) groups excluding carboxylic acids is 3. The van der Waals surface area contributed by atoms with Crippen LogP contribution in [-0.2, 0) is 70.1 Å². The number of anilines is 3. The Morgan fingerprint density at radius 2 is 0.709 bits per heavy atom. The predicted octanol–water partition coefficient (Wildman–Crippen LogP) is 4.68. The number of hydrogen-bond acceptors (Lipinski definition) is 39. The second kappa shape index (κ2) is 35.2. The number of nitrogens with one attached hydrogen (secondary N) is 3. The first kappa shape index (κ1) is 86.5. The minimum atomic E-state index is -3.53. The van der Waals surface area contributed by atoms with Crippen LogP contribution in [0.2, 0.25) is 0 Å². The lowest BCUT2D eigenvalue weighted by atomic mass is 9.96. The molecule has 12 heterocycles. The molecule has 3 aromatic carbocycles. The molecule has 48 heteroatoms. The van der Waals surface area contributed by atoms with E-state index in [9.17, 15) is 58.7 Å². The maximum absolute atomic E-state index is 13.3. The second-order valence-electron chi connectivity index (χ2n) is 28.1. The molecule has 0 amide bonds. The van der Waals surface area contributed by atoms with E-state index in [1.165, 1.54) is 74.8 Å². The van der Waals surface area contributed by atoms with Gasteiger partial charge in [0.2, 0.25) is 35.5 Å². The lowest BCUT2D eigenvalue weighted by molar-refractivity contribution is -0.150. The highest BCUT2D eigenvalue weighted by atomic mass is 32.7. The largest absolute Gasteiger partial charge is 0.479 e. The Balaban J connectivity index is 0.000000152. The van der Waals surface area contributed by atoms with E-state index < -0.39 is 147 Å². The number of nitrogens with two attached hydrogens (primary N) is 3. The van der Waals surface area contributed by atoms with Gasteiger partial charge in [-0.3, -0.25) is 41.8 Å². The van der Waals surface area contributed by atoms with Crippen molar-refractivity contribution in [3.63, 3.8) is 0 Å². The number of rotatable bonds is 24. The van der Waals surface area contributed by atoms with E-state index in [0.717, 1.165) is 50.8 Å². The van der Waals surface area contributed by atoms with E-state index >= 15 is 0 Å². The number of hydrogen-bond donors (Lipinski definition) is 12. The number of benzene rings is 3. The standard InChI is InChI=1S/3C23H29N6O8PS/c3*1-12(13-7-5-4-6-8-13)36-20(31)14-10-39-38(33,28-14)35-9-15-17(30)23(2,32)21(37-15)29-11-25-16-18(29)26-22(24)27-19(16)34-3/h3*4-8,11-12,14-15,17,21,30,32H,9-10H2,1-3H3,(H,28,33)(H2,24,26,27)/t2*12-,14?,15?,17-,21-,23-,38?;12-,14?,15?,17-,21-,23-,38-/m111/s1. The SMILES string of the molecule is COc1nc(N)nc2c1ncn2[C@@H]1OC(COP2(=O)NC(C(=O)O[C@H](C)c3ccccc3)CS2)[C@@H](O)[C@@]1(C)O.COc1nc(N)nc2c1ncn2[C@@H]1OC(COP2(=O)NC(C(=O)O[C@H](C)c3ccccc3)CS2)[C@@H](O)[C@@]1(C)O.COc1nc(N)nc2c1ncn2[C@@H]1OC(CO[P@]2(=O)NC(C(=O)O[C@H](C)c3ccccc3)CS2)[C@@H](O)[C@@]1(C)O. The number of carbonyl (C=O) groups is 3. The Kier molecular flexibility index (Phi) is 26.0. The monoisotopic (exact) mass is 1740 g/mol. The topological polar surface area (TPSA) is 580 Å². The molecule has 0 aliphatic carbocycles. The van der Waals surface area contributed by atoms with E-state index in [0.29, 0.717) is 0 Å². The summed E-state index contributed by atoms with van der Waals surface area (Å²) in [6.45, 7) is -2.16. The van der Waals surface area contributed by atoms with Gasteiger partial charge < -0.3 is 104 Å². The zero-order valence-electron chi connectivity index (χ0n) is 64.0. The van der Waals surface area contributed by atoms with Gasteiger partial charge in [-0.25, -0.2) is 30.2 Å². The number of aliphatic hydroxyl groups excluding tert-OH is 3. The van der Waals surface area contributed by atoms with Crippen LogP contribution in [0.1, 0.15) is 95.2 Å². The molecule has 8 unspecified atom stereocenters. The van der Waals surface area contributed by atoms with Gasteiger partial charge >= 0.3 is 38.1 Å². The Hall–Kier alpha value is -8.34. The highest BCUT2D eigenvalue weighted by molar-refractivity contribution is 8.57. The predicted molar refractivity (Wildman–Crippen MR) is 422 cm³/mol. The molecule has 9 aromatic rings. The molecule has 6 fully saturated rings. The van der Waals surface area contributed by atoms with Crippen LogP contribution in [0.3, 0.4) is 0 Å². The fraction of sp³-hybridized carbons (Fsp3) is 0.478. The summed E-state index contributed by atoms with van der Waals surface area (Å²) < 4.78 is 111. The molecule has 6 saturated heterocycles. The van der Waals surface area contributed by atoms with Crippen molar-refractivity contribution in [2.75, 3.05) is 75.6 Å². The van der Waals surface area contributed by atoms with Crippen LogP contribution in [0.5, 0.6) is 17.6 Å². The number of nitrogens with zero attached hydrogens (tertiary/aromatic N) is 12. The average molecular weight is 1740 g/mol. The summed E-state index contributed by atoms with van der Waals surface area (Å²) in [6.07, 6.45) is -8.26. The third-order valence-electron chi connectivity index (χ3n) is 19.8. The van der Waals surface area contributed by atoms with Crippen LogP contribution < -0.4 is 46.7 Å². The molecule has 6 aromatic heterocycles. The lowest BCUT2D eigenvalue weighted by Crippen LogP contribution is -2.44. The number of imidazole rings is 3. The van der Waals surface area contributed by atoms with Crippen molar-refractivity contribution in [1.29, 1.82) is 0 Å². The number of fused-ring (bicyclic) bond motifs is 3. The Bertz CT molecular complexity index is 4730. The van der Waals surface area contributed by atoms with Gasteiger partial charge in [-0.15, -0.1) is 0 Å². The lowest BCUT2D eigenvalue weighted by Gasteiger charge is -2.27. The smallest absolute Gasteiger partial charge is 0.327 e. The van der Waals surface area contributed by atoms with Crippen molar-refractivity contribution in [3.8, 4) is 17.6 Å². The van der Waals surface area contributed by atoms with Crippen LogP contribution in [0.25, 0.3) is 33.5 Å². The van der Waals surface area contributed by atoms with Gasteiger partial charge in [0.05, 0.1) is 60.1 Å². The number of methoxy groups -OCH3 is 3. The summed E-state index contributed by atoms with van der Waals surface area (Å²) in [6, 6.07) is 25.3. The van der Waals surface area contributed by atoms with Crippen LogP contribution in [0.15, 0.2) is 110 Å². The zero-order valence-corrected chi connectivity index (χ0v) is 69.1. The molecule has 117 heavy (non-hydrogen) atoms. The molecule has 15 rings (SSSR count). The summed E-state index contributed by atoms with van der Waals surface area (Å²) in [5, 5.41) is 74.2. The second-order valence-corrected chi connectivity index (χ2v) is 41.1. The van der Waals surface area contributed by atoms with E-state index in [-0.39, 0.29) is 106 Å². The van der Waals surface area contributed by atoms with Gasteiger partial charge in [0.1, 0.15) is 89.9 Å². The zero-order chi connectivity index (χ0) is 83.8.